The molecule has 3 aliphatic rings. The van der Waals surface area contributed by atoms with Crippen molar-refractivity contribution in [3.05, 3.63) is 57.3 Å². The maximum atomic E-state index is 10.2. The Morgan fingerprint density at radius 1 is 1.07 bits per heavy atom. The number of benzene rings is 1. The Morgan fingerprint density at radius 2 is 1.97 bits per heavy atom. The van der Waals surface area contributed by atoms with Gasteiger partial charge < -0.3 is 14.4 Å². The topological polar surface area (TPSA) is 81.3 Å². The number of fused-ring (bicyclic) bond motifs is 3. The van der Waals surface area contributed by atoms with Gasteiger partial charge in [-0.05, 0) is 50.7 Å². The van der Waals surface area contributed by atoms with Crippen LogP contribution < -0.4 is 4.74 Å². The van der Waals surface area contributed by atoms with Crippen LogP contribution in [0.4, 0.5) is 0 Å². The van der Waals surface area contributed by atoms with Gasteiger partial charge in [-0.3, -0.25) is 0 Å². The molecule has 1 aromatic carbocycles. The number of halogens is 1. The second-order valence-electron chi connectivity index (χ2n) is 8.07. The quantitative estimate of drug-likeness (QED) is 0.678. The second kappa shape index (κ2) is 6.54. The predicted octanol–water partition coefficient (Wildman–Crippen LogP) is 4.32. The molecule has 148 valence electrons. The van der Waals surface area contributed by atoms with Gasteiger partial charge in [-0.2, -0.15) is 0 Å². The highest BCUT2D eigenvalue weighted by Gasteiger charge is 2.35. The standard InChI is InChI=1S/C22H20ClN3O3/c23-12-7-11-8-18(22-13-3-1-2-4-16(13)26-29-22)28-21(11)15(9-12)19-14-5-6-17(27)20(14)25-10-24-19/h7,9-10,17-18,27H,1-6,8H2/t17?,18-/m1/s1. The molecule has 2 atom stereocenters. The van der Waals surface area contributed by atoms with E-state index in [0.29, 0.717) is 23.6 Å². The van der Waals surface area contributed by atoms with Gasteiger partial charge in [0.2, 0.25) is 0 Å². The molecule has 0 saturated carbocycles. The predicted molar refractivity (Wildman–Crippen MR) is 106 cm³/mol. The van der Waals surface area contributed by atoms with Crippen LogP contribution in [0.1, 0.15) is 65.3 Å². The molecule has 0 amide bonds. The van der Waals surface area contributed by atoms with Gasteiger partial charge in [-0.25, -0.2) is 9.97 Å². The molecule has 3 heterocycles. The van der Waals surface area contributed by atoms with Crippen LogP contribution in [0.15, 0.2) is 23.0 Å². The zero-order valence-electron chi connectivity index (χ0n) is 15.8. The number of ether oxygens (including phenoxy) is 1. The van der Waals surface area contributed by atoms with Crippen molar-refractivity contribution < 1.29 is 14.4 Å². The summed E-state index contributed by atoms with van der Waals surface area (Å²) in [5.41, 5.74) is 6.68. The van der Waals surface area contributed by atoms with Crippen molar-refractivity contribution >= 4 is 11.6 Å². The van der Waals surface area contributed by atoms with E-state index in [9.17, 15) is 5.11 Å². The lowest BCUT2D eigenvalue weighted by molar-refractivity contribution is 0.175. The minimum atomic E-state index is -0.534. The third-order valence-corrected chi connectivity index (χ3v) is 6.51. The lowest BCUT2D eigenvalue weighted by Crippen LogP contribution is -2.08. The monoisotopic (exact) mass is 409 g/mol. The highest BCUT2D eigenvalue weighted by molar-refractivity contribution is 6.31. The van der Waals surface area contributed by atoms with Gasteiger partial charge in [0.1, 0.15) is 12.1 Å². The van der Waals surface area contributed by atoms with E-state index in [1.165, 1.54) is 11.9 Å². The second-order valence-corrected chi connectivity index (χ2v) is 8.51. The van der Waals surface area contributed by atoms with Crippen LogP contribution in [-0.2, 0) is 25.7 Å². The number of aliphatic hydroxyl groups excluding tert-OH is 1. The highest BCUT2D eigenvalue weighted by atomic mass is 35.5. The smallest absolute Gasteiger partial charge is 0.181 e. The zero-order chi connectivity index (χ0) is 19.5. The Balaban J connectivity index is 1.43. The van der Waals surface area contributed by atoms with Gasteiger partial charge >= 0.3 is 0 Å². The summed E-state index contributed by atoms with van der Waals surface area (Å²) < 4.78 is 12.2. The summed E-state index contributed by atoms with van der Waals surface area (Å²) in [5.74, 6) is 1.64. The SMILES string of the molecule is OC1CCc2c(-c3cc(Cl)cc4c3O[C@@H](c3onc5c3CCCC5)C4)ncnc21. The number of aromatic nitrogens is 3. The molecular formula is C22H20ClN3O3. The number of nitrogens with zero attached hydrogens (tertiary/aromatic N) is 3. The maximum absolute atomic E-state index is 10.2. The van der Waals surface area contributed by atoms with Crippen LogP contribution >= 0.6 is 11.6 Å². The average molecular weight is 410 g/mol. The van der Waals surface area contributed by atoms with Crippen molar-refractivity contribution in [3.63, 3.8) is 0 Å². The van der Waals surface area contributed by atoms with Gasteiger partial charge in [-0.15, -0.1) is 0 Å². The lowest BCUT2D eigenvalue weighted by Gasteiger charge is -2.15. The van der Waals surface area contributed by atoms with Crippen LogP contribution in [0, 0.1) is 0 Å². The third kappa shape index (κ3) is 2.69. The van der Waals surface area contributed by atoms with Crippen LogP contribution in [0.2, 0.25) is 5.02 Å². The van der Waals surface area contributed by atoms with E-state index in [-0.39, 0.29) is 6.10 Å². The van der Waals surface area contributed by atoms with Crippen LogP contribution in [-0.4, -0.2) is 20.2 Å². The Bertz CT molecular complexity index is 1130. The first-order valence-electron chi connectivity index (χ1n) is 10.2. The maximum Gasteiger partial charge on any atom is 0.181 e. The summed E-state index contributed by atoms with van der Waals surface area (Å²) >= 11 is 6.46. The molecule has 3 aromatic rings. The number of aryl methyl sites for hydroxylation is 1. The summed E-state index contributed by atoms with van der Waals surface area (Å²) in [5, 5.41) is 15.1. The number of hydrogen-bond donors (Lipinski definition) is 1. The molecule has 0 radical (unpaired) electrons. The van der Waals surface area contributed by atoms with Crippen LogP contribution in [0.5, 0.6) is 5.75 Å². The molecule has 0 fully saturated rings. The van der Waals surface area contributed by atoms with E-state index in [4.69, 9.17) is 20.9 Å². The number of hydrogen-bond acceptors (Lipinski definition) is 6. The summed E-state index contributed by atoms with van der Waals surface area (Å²) in [6.45, 7) is 0. The Morgan fingerprint density at radius 3 is 2.90 bits per heavy atom. The molecule has 7 heteroatoms. The molecule has 0 saturated heterocycles. The molecule has 0 spiro atoms. The molecule has 1 N–H and O–H groups in total. The number of rotatable bonds is 2. The summed E-state index contributed by atoms with van der Waals surface area (Å²) in [6, 6.07) is 3.85. The van der Waals surface area contributed by atoms with Crippen molar-refractivity contribution in [1.29, 1.82) is 0 Å². The van der Waals surface area contributed by atoms with Crippen molar-refractivity contribution in [2.24, 2.45) is 0 Å². The highest BCUT2D eigenvalue weighted by Crippen LogP contribution is 2.47. The molecular weight excluding hydrogens is 390 g/mol. The van der Waals surface area contributed by atoms with Crippen molar-refractivity contribution in [2.45, 2.75) is 57.2 Å². The first-order valence-corrected chi connectivity index (χ1v) is 10.6. The molecule has 2 aromatic heterocycles. The summed E-state index contributed by atoms with van der Waals surface area (Å²) in [6.07, 6.45) is 7.17. The molecule has 1 unspecified atom stereocenters. The Hall–Kier alpha value is -2.44. The van der Waals surface area contributed by atoms with E-state index >= 15 is 0 Å². The lowest BCUT2D eigenvalue weighted by atomic mass is 9.93. The Kier molecular flexibility index (Phi) is 3.93. The van der Waals surface area contributed by atoms with E-state index in [1.54, 1.807) is 0 Å². The average Bonchev–Trinajstić information content (AvgIpc) is 3.43. The van der Waals surface area contributed by atoms with E-state index in [0.717, 1.165) is 71.7 Å². The van der Waals surface area contributed by atoms with E-state index in [1.807, 2.05) is 12.1 Å². The van der Waals surface area contributed by atoms with Gasteiger partial charge in [0.15, 0.2) is 11.9 Å². The first kappa shape index (κ1) is 17.4. The minimum Gasteiger partial charge on any atom is -0.481 e. The van der Waals surface area contributed by atoms with E-state index < -0.39 is 6.10 Å². The molecule has 6 rings (SSSR count). The largest absolute Gasteiger partial charge is 0.481 e. The van der Waals surface area contributed by atoms with Crippen molar-refractivity contribution in [3.8, 4) is 17.0 Å². The summed E-state index contributed by atoms with van der Waals surface area (Å²) in [4.78, 5) is 8.82. The first-order chi connectivity index (χ1) is 14.2. The minimum absolute atomic E-state index is 0.197. The number of aliphatic hydroxyl groups is 1. The molecule has 6 nitrogen and oxygen atoms in total. The van der Waals surface area contributed by atoms with Gasteiger partial charge in [0.05, 0.1) is 23.2 Å². The fourth-order valence-electron chi connectivity index (χ4n) is 4.92. The van der Waals surface area contributed by atoms with Crippen molar-refractivity contribution in [2.75, 3.05) is 0 Å². The van der Waals surface area contributed by atoms with E-state index in [2.05, 4.69) is 15.1 Å². The Labute approximate surface area is 172 Å². The summed E-state index contributed by atoms with van der Waals surface area (Å²) in [7, 11) is 0. The zero-order valence-corrected chi connectivity index (χ0v) is 16.6. The van der Waals surface area contributed by atoms with Gasteiger partial charge in [-0.1, -0.05) is 16.8 Å². The fraction of sp³-hybridized carbons (Fsp3) is 0.409. The third-order valence-electron chi connectivity index (χ3n) is 6.30. The fourth-order valence-corrected chi connectivity index (χ4v) is 5.16. The van der Waals surface area contributed by atoms with Crippen LogP contribution in [0.3, 0.4) is 0 Å². The molecule has 0 bridgehead atoms. The molecule has 29 heavy (non-hydrogen) atoms. The molecule has 1 aliphatic heterocycles. The van der Waals surface area contributed by atoms with Crippen molar-refractivity contribution in [1.82, 2.24) is 15.1 Å². The van der Waals surface area contributed by atoms with Crippen LogP contribution in [0.25, 0.3) is 11.3 Å². The normalized spacial score (nSPS) is 22.1. The van der Waals surface area contributed by atoms with Gasteiger partial charge in [0, 0.05) is 33.7 Å². The van der Waals surface area contributed by atoms with Gasteiger partial charge in [0.25, 0.3) is 0 Å². The molecule has 2 aliphatic carbocycles.